The Labute approximate surface area is 143 Å². The number of carbonyl (C=O) groups is 2. The maximum Gasteiger partial charge on any atom is 0.326 e. The van der Waals surface area contributed by atoms with Crippen LogP contribution in [0.15, 0.2) is 29.2 Å². The van der Waals surface area contributed by atoms with E-state index in [2.05, 4.69) is 20.4 Å². The van der Waals surface area contributed by atoms with Crippen LogP contribution in [0.2, 0.25) is 0 Å². The molecule has 1 atom stereocenters. The van der Waals surface area contributed by atoms with Gasteiger partial charge in [-0.1, -0.05) is 11.2 Å². The molecule has 1 aromatic carbocycles. The zero-order chi connectivity index (χ0) is 18.0. The molecule has 3 rings (SSSR count). The van der Waals surface area contributed by atoms with E-state index in [0.717, 1.165) is 16.5 Å². The molecular weight excluding hydrogens is 324 g/mol. The van der Waals surface area contributed by atoms with Gasteiger partial charge in [-0.3, -0.25) is 4.79 Å². The summed E-state index contributed by atoms with van der Waals surface area (Å²) < 4.78 is 5.29. The molecule has 8 nitrogen and oxygen atoms in total. The highest BCUT2D eigenvalue weighted by molar-refractivity contribution is 5.90. The molecule has 130 valence electrons. The number of fused-ring (bicyclic) bond motifs is 1. The van der Waals surface area contributed by atoms with Crippen molar-refractivity contribution in [3.63, 3.8) is 0 Å². The number of aliphatic carboxylic acids is 1. The maximum absolute atomic E-state index is 12.3. The first-order valence-corrected chi connectivity index (χ1v) is 7.79. The van der Waals surface area contributed by atoms with Crippen LogP contribution < -0.4 is 5.32 Å². The summed E-state index contributed by atoms with van der Waals surface area (Å²) in [6, 6.07) is 2.79. The van der Waals surface area contributed by atoms with Crippen molar-refractivity contribution < 1.29 is 19.2 Å². The number of carbonyl (C=O) groups excluding carboxylic acids is 1. The summed E-state index contributed by atoms with van der Waals surface area (Å²) in [6.07, 6.45) is 3.06. The van der Waals surface area contributed by atoms with Gasteiger partial charge in [-0.2, -0.15) is 0 Å². The van der Waals surface area contributed by atoms with Gasteiger partial charge in [0.25, 0.3) is 0 Å². The van der Waals surface area contributed by atoms with Crippen LogP contribution in [0.5, 0.6) is 0 Å². The van der Waals surface area contributed by atoms with E-state index in [4.69, 9.17) is 4.52 Å². The molecule has 3 aromatic rings. The second kappa shape index (κ2) is 6.76. The minimum atomic E-state index is -1.11. The first-order valence-electron chi connectivity index (χ1n) is 7.79. The van der Waals surface area contributed by atoms with E-state index in [0.29, 0.717) is 17.0 Å². The number of imidazole rings is 1. The Kier molecular flexibility index (Phi) is 4.51. The molecule has 25 heavy (non-hydrogen) atoms. The molecule has 0 saturated heterocycles. The van der Waals surface area contributed by atoms with E-state index in [1.165, 1.54) is 12.5 Å². The second-order valence-electron chi connectivity index (χ2n) is 6.00. The van der Waals surface area contributed by atoms with Crippen molar-refractivity contribution >= 4 is 22.8 Å². The van der Waals surface area contributed by atoms with Gasteiger partial charge in [0.2, 0.25) is 5.91 Å². The number of hydrogen-bond acceptors (Lipinski definition) is 5. The number of rotatable bonds is 6. The summed E-state index contributed by atoms with van der Waals surface area (Å²) in [5, 5.41) is 16.6. The fraction of sp³-hybridized carbons (Fsp3) is 0.294. The molecule has 0 radical (unpaired) electrons. The number of nitrogens with zero attached hydrogens (tertiary/aromatic N) is 2. The summed E-state index contributed by atoms with van der Waals surface area (Å²) in [4.78, 5) is 30.3. The number of carboxylic acids is 1. The molecule has 2 heterocycles. The quantitative estimate of drug-likeness (QED) is 0.624. The fourth-order valence-electron chi connectivity index (χ4n) is 2.85. The maximum atomic E-state index is 12.3. The Balaban J connectivity index is 1.74. The number of nitrogens with one attached hydrogen (secondary N) is 2. The third kappa shape index (κ3) is 3.68. The first kappa shape index (κ1) is 16.7. The average molecular weight is 342 g/mol. The molecule has 3 N–H and O–H groups in total. The van der Waals surface area contributed by atoms with Gasteiger partial charge in [0.05, 0.1) is 12.7 Å². The number of H-pyrrole nitrogens is 1. The van der Waals surface area contributed by atoms with E-state index in [1.54, 1.807) is 0 Å². The monoisotopic (exact) mass is 342 g/mol. The van der Waals surface area contributed by atoms with E-state index in [1.807, 2.05) is 26.0 Å². The molecule has 0 aliphatic carbocycles. The van der Waals surface area contributed by atoms with Gasteiger partial charge in [0.1, 0.15) is 11.7 Å². The lowest BCUT2D eigenvalue weighted by Crippen LogP contribution is -2.43. The van der Waals surface area contributed by atoms with Crippen LogP contribution in [-0.2, 0) is 22.4 Å². The van der Waals surface area contributed by atoms with Crippen molar-refractivity contribution in [3.8, 4) is 0 Å². The summed E-state index contributed by atoms with van der Waals surface area (Å²) in [6.45, 7) is 3.88. The van der Waals surface area contributed by atoms with Crippen LogP contribution >= 0.6 is 0 Å². The van der Waals surface area contributed by atoms with Gasteiger partial charge in [-0.05, 0) is 31.0 Å². The predicted octanol–water partition coefficient (Wildman–Crippen LogP) is 1.52. The van der Waals surface area contributed by atoms with Gasteiger partial charge in [-0.15, -0.1) is 0 Å². The van der Waals surface area contributed by atoms with Crippen LogP contribution in [0, 0.1) is 13.8 Å². The molecule has 0 aliphatic heterocycles. The number of benzene rings is 1. The lowest BCUT2D eigenvalue weighted by molar-refractivity contribution is -0.141. The highest BCUT2D eigenvalue weighted by atomic mass is 16.5. The zero-order valence-corrected chi connectivity index (χ0v) is 13.9. The van der Waals surface area contributed by atoms with Gasteiger partial charge in [0.15, 0.2) is 5.58 Å². The Morgan fingerprint density at radius 2 is 2.16 bits per heavy atom. The van der Waals surface area contributed by atoms with Crippen molar-refractivity contribution in [1.29, 1.82) is 0 Å². The molecule has 0 spiro atoms. The Morgan fingerprint density at radius 1 is 1.36 bits per heavy atom. The smallest absolute Gasteiger partial charge is 0.326 e. The summed E-state index contributed by atoms with van der Waals surface area (Å²) in [5.41, 5.74) is 3.75. The van der Waals surface area contributed by atoms with Crippen LogP contribution in [0.25, 0.3) is 11.0 Å². The van der Waals surface area contributed by atoms with Gasteiger partial charge >= 0.3 is 5.97 Å². The average Bonchev–Trinajstić information content (AvgIpc) is 3.16. The topological polar surface area (TPSA) is 121 Å². The minimum Gasteiger partial charge on any atom is -0.480 e. The predicted molar refractivity (Wildman–Crippen MR) is 89.0 cm³/mol. The van der Waals surface area contributed by atoms with Crippen LogP contribution in [-0.4, -0.2) is 38.1 Å². The fourth-order valence-corrected chi connectivity index (χ4v) is 2.85. The standard InChI is InChI=1S/C17H18N4O4/c1-9-3-10(2)16-12(21-25-14(16)4-9)6-15(22)20-13(17(23)24)5-11-7-18-8-19-11/h3-4,7-8,13H,5-6H2,1-2H3,(H,18,19)(H,20,22)(H,23,24). The van der Waals surface area contributed by atoms with Gasteiger partial charge in [-0.25, -0.2) is 9.78 Å². The van der Waals surface area contributed by atoms with Crippen LogP contribution in [0.3, 0.4) is 0 Å². The van der Waals surface area contributed by atoms with Crippen molar-refractivity contribution in [2.75, 3.05) is 0 Å². The molecule has 0 saturated carbocycles. The second-order valence-corrected chi connectivity index (χ2v) is 6.00. The molecular formula is C17H18N4O4. The SMILES string of the molecule is Cc1cc(C)c2c(CC(=O)NC(Cc3cnc[nH]3)C(=O)O)noc2c1. The van der Waals surface area contributed by atoms with E-state index < -0.39 is 17.9 Å². The lowest BCUT2D eigenvalue weighted by atomic mass is 10.0. The third-order valence-electron chi connectivity index (χ3n) is 3.93. The van der Waals surface area contributed by atoms with Crippen molar-refractivity contribution in [2.24, 2.45) is 0 Å². The molecule has 1 unspecified atom stereocenters. The number of aryl methyl sites for hydroxylation is 2. The lowest BCUT2D eigenvalue weighted by Gasteiger charge is -2.13. The molecule has 0 fully saturated rings. The van der Waals surface area contributed by atoms with E-state index in [9.17, 15) is 14.7 Å². The number of aromatic amines is 1. The Bertz CT molecular complexity index is 914. The highest BCUT2D eigenvalue weighted by Gasteiger charge is 2.22. The number of amides is 1. The summed E-state index contributed by atoms with van der Waals surface area (Å²) in [7, 11) is 0. The summed E-state index contributed by atoms with van der Waals surface area (Å²) in [5.74, 6) is -1.54. The Hall–Kier alpha value is -3.16. The van der Waals surface area contributed by atoms with Gasteiger partial charge < -0.3 is 19.9 Å². The Morgan fingerprint density at radius 3 is 2.84 bits per heavy atom. The van der Waals surface area contributed by atoms with Crippen molar-refractivity contribution in [3.05, 3.63) is 47.2 Å². The van der Waals surface area contributed by atoms with Crippen LogP contribution in [0.4, 0.5) is 0 Å². The number of carboxylic acid groups (broad SMARTS) is 1. The van der Waals surface area contributed by atoms with Gasteiger partial charge in [0, 0.05) is 23.7 Å². The van der Waals surface area contributed by atoms with E-state index >= 15 is 0 Å². The number of hydrogen-bond donors (Lipinski definition) is 3. The van der Waals surface area contributed by atoms with E-state index in [-0.39, 0.29) is 12.8 Å². The largest absolute Gasteiger partial charge is 0.480 e. The molecule has 2 aromatic heterocycles. The molecule has 8 heteroatoms. The number of aromatic nitrogens is 3. The summed E-state index contributed by atoms with van der Waals surface area (Å²) >= 11 is 0. The van der Waals surface area contributed by atoms with Crippen molar-refractivity contribution in [2.45, 2.75) is 32.7 Å². The first-order chi connectivity index (χ1) is 11.9. The highest BCUT2D eigenvalue weighted by Crippen LogP contribution is 2.24. The molecule has 0 bridgehead atoms. The van der Waals surface area contributed by atoms with Crippen LogP contribution in [0.1, 0.15) is 22.5 Å². The normalized spacial score (nSPS) is 12.2. The van der Waals surface area contributed by atoms with Crippen molar-refractivity contribution in [1.82, 2.24) is 20.4 Å². The third-order valence-corrected chi connectivity index (χ3v) is 3.93. The molecule has 0 aliphatic rings. The molecule has 1 amide bonds. The zero-order valence-electron chi connectivity index (χ0n) is 13.9. The minimum absolute atomic E-state index is 0.0519.